The number of aliphatic carboxylic acids is 1. The molecule has 0 spiro atoms. The molecule has 3 rings (SSSR count). The van der Waals surface area contributed by atoms with E-state index in [1.807, 2.05) is 30.3 Å². The molecule has 0 bridgehead atoms. The molecule has 0 saturated carbocycles. The Morgan fingerprint density at radius 3 is 2.73 bits per heavy atom. The zero-order chi connectivity index (χ0) is 14.8. The van der Waals surface area contributed by atoms with Crippen LogP contribution in [-0.4, -0.2) is 65.2 Å². The van der Waals surface area contributed by atoms with Crippen molar-refractivity contribution in [2.75, 3.05) is 26.2 Å². The molecular weight excluding hydrogens is 306 g/mol. The number of piperazine rings is 1. The molecule has 2 N–H and O–H groups in total. The van der Waals surface area contributed by atoms with E-state index in [2.05, 4.69) is 5.32 Å². The van der Waals surface area contributed by atoms with Crippen LogP contribution in [0.1, 0.15) is 5.56 Å². The van der Waals surface area contributed by atoms with E-state index in [0.29, 0.717) is 19.5 Å². The predicted molar refractivity (Wildman–Crippen MR) is 84.3 cm³/mol. The van der Waals surface area contributed by atoms with Crippen LogP contribution in [0.2, 0.25) is 0 Å². The molecule has 2 aliphatic rings. The van der Waals surface area contributed by atoms with Crippen LogP contribution < -0.4 is 5.32 Å². The van der Waals surface area contributed by atoms with E-state index in [-0.39, 0.29) is 24.5 Å². The summed E-state index contributed by atoms with van der Waals surface area (Å²) in [4.78, 5) is 27.3. The van der Waals surface area contributed by atoms with Crippen LogP contribution in [0.25, 0.3) is 0 Å². The molecule has 6 nitrogen and oxygen atoms in total. The van der Waals surface area contributed by atoms with Crippen LogP contribution in [0, 0.1) is 0 Å². The Morgan fingerprint density at radius 2 is 2.09 bits per heavy atom. The number of carboxylic acids is 1. The van der Waals surface area contributed by atoms with Gasteiger partial charge in [-0.3, -0.25) is 0 Å². The lowest BCUT2D eigenvalue weighted by atomic mass is 10.0. The number of carboxylic acid groups (broad SMARTS) is 1. The Balaban J connectivity index is 0.00000176. The van der Waals surface area contributed by atoms with Crippen molar-refractivity contribution >= 4 is 24.4 Å². The fraction of sp³-hybridized carbons (Fsp3) is 0.467. The van der Waals surface area contributed by atoms with E-state index in [0.717, 1.165) is 18.7 Å². The number of nitrogens with zero attached hydrogens (tertiary/aromatic N) is 2. The molecule has 7 heteroatoms. The van der Waals surface area contributed by atoms with Gasteiger partial charge in [-0.05, 0) is 5.56 Å². The summed E-state index contributed by atoms with van der Waals surface area (Å²) in [5.41, 5.74) is 0.931. The molecule has 1 aromatic carbocycles. The quantitative estimate of drug-likeness (QED) is 0.859. The molecule has 1 aromatic rings. The van der Waals surface area contributed by atoms with E-state index in [1.54, 1.807) is 4.90 Å². The molecular formula is C15H20ClN3O3. The van der Waals surface area contributed by atoms with Crippen molar-refractivity contribution in [3.63, 3.8) is 0 Å². The molecule has 2 atom stereocenters. The SMILES string of the molecule is Cl.O=C(O)C(Cc1ccccc1)N1CC2CNCCN2C1=O. The Labute approximate surface area is 135 Å². The number of rotatable bonds is 4. The van der Waals surface area contributed by atoms with Gasteiger partial charge in [0.15, 0.2) is 0 Å². The maximum atomic E-state index is 12.4. The van der Waals surface area contributed by atoms with Crippen LogP contribution >= 0.6 is 12.4 Å². The highest BCUT2D eigenvalue weighted by molar-refractivity contribution is 5.85. The smallest absolute Gasteiger partial charge is 0.326 e. The molecule has 0 aliphatic carbocycles. The zero-order valence-corrected chi connectivity index (χ0v) is 13.0. The summed E-state index contributed by atoms with van der Waals surface area (Å²) >= 11 is 0. The van der Waals surface area contributed by atoms with E-state index < -0.39 is 12.0 Å². The average molecular weight is 326 g/mol. The Kier molecular flexibility index (Phi) is 5.26. The Hall–Kier alpha value is -1.79. The first kappa shape index (κ1) is 16.6. The molecule has 0 aromatic heterocycles. The first-order chi connectivity index (χ1) is 10.2. The predicted octanol–water partition coefficient (Wildman–Crippen LogP) is 0.813. The van der Waals surface area contributed by atoms with Gasteiger partial charge in [0.05, 0.1) is 6.04 Å². The minimum Gasteiger partial charge on any atom is -0.480 e. The lowest BCUT2D eigenvalue weighted by molar-refractivity contribution is -0.141. The highest BCUT2D eigenvalue weighted by Crippen LogP contribution is 2.22. The summed E-state index contributed by atoms with van der Waals surface area (Å²) in [6.45, 7) is 2.64. The van der Waals surface area contributed by atoms with Gasteiger partial charge in [-0.2, -0.15) is 0 Å². The summed E-state index contributed by atoms with van der Waals surface area (Å²) < 4.78 is 0. The molecule has 22 heavy (non-hydrogen) atoms. The first-order valence-corrected chi connectivity index (χ1v) is 7.21. The van der Waals surface area contributed by atoms with Gasteiger partial charge in [-0.1, -0.05) is 30.3 Å². The van der Waals surface area contributed by atoms with Crippen molar-refractivity contribution in [2.45, 2.75) is 18.5 Å². The zero-order valence-electron chi connectivity index (χ0n) is 12.1. The standard InChI is InChI=1S/C15H19N3O3.ClH/c19-14(20)13(8-11-4-2-1-3-5-11)18-10-12-9-16-6-7-17(12)15(18)21;/h1-5,12-13,16H,6-10H2,(H,19,20);1H. The van der Waals surface area contributed by atoms with E-state index in [4.69, 9.17) is 0 Å². The van der Waals surface area contributed by atoms with Crippen LogP contribution in [0.3, 0.4) is 0 Å². The highest BCUT2D eigenvalue weighted by atomic mass is 35.5. The number of hydrogen-bond acceptors (Lipinski definition) is 3. The topological polar surface area (TPSA) is 72.9 Å². The summed E-state index contributed by atoms with van der Waals surface area (Å²) in [5, 5.41) is 12.8. The van der Waals surface area contributed by atoms with Gasteiger partial charge in [0.2, 0.25) is 0 Å². The second-order valence-electron chi connectivity index (χ2n) is 5.53. The van der Waals surface area contributed by atoms with Gasteiger partial charge in [-0.15, -0.1) is 12.4 Å². The lowest BCUT2D eigenvalue weighted by Gasteiger charge is -2.28. The number of carbonyl (C=O) groups excluding carboxylic acids is 1. The molecule has 2 heterocycles. The fourth-order valence-electron chi connectivity index (χ4n) is 3.07. The molecule has 2 aliphatic heterocycles. The monoisotopic (exact) mass is 325 g/mol. The number of halogens is 1. The minimum atomic E-state index is -0.944. The second-order valence-corrected chi connectivity index (χ2v) is 5.53. The summed E-state index contributed by atoms with van der Waals surface area (Å²) in [6.07, 6.45) is 0.343. The van der Waals surface area contributed by atoms with Crippen LogP contribution in [0.4, 0.5) is 4.79 Å². The molecule has 2 fully saturated rings. The Bertz CT molecular complexity index is 540. The number of urea groups is 1. The third-order valence-electron chi connectivity index (χ3n) is 4.18. The van der Waals surface area contributed by atoms with Crippen LogP contribution in [-0.2, 0) is 11.2 Å². The fourth-order valence-corrected chi connectivity index (χ4v) is 3.07. The van der Waals surface area contributed by atoms with E-state index in [9.17, 15) is 14.7 Å². The van der Waals surface area contributed by atoms with E-state index >= 15 is 0 Å². The molecule has 0 radical (unpaired) electrons. The molecule has 2 amide bonds. The Morgan fingerprint density at radius 1 is 1.36 bits per heavy atom. The number of nitrogens with one attached hydrogen (secondary N) is 1. The summed E-state index contributed by atoms with van der Waals surface area (Å²) in [7, 11) is 0. The van der Waals surface area contributed by atoms with Crippen molar-refractivity contribution in [2.24, 2.45) is 0 Å². The van der Waals surface area contributed by atoms with Crippen molar-refractivity contribution in [1.82, 2.24) is 15.1 Å². The van der Waals surface area contributed by atoms with Gasteiger partial charge in [-0.25, -0.2) is 9.59 Å². The number of hydrogen-bond donors (Lipinski definition) is 2. The van der Waals surface area contributed by atoms with Crippen molar-refractivity contribution in [3.05, 3.63) is 35.9 Å². The van der Waals surface area contributed by atoms with Gasteiger partial charge < -0.3 is 20.2 Å². The first-order valence-electron chi connectivity index (χ1n) is 7.21. The van der Waals surface area contributed by atoms with Gasteiger partial charge >= 0.3 is 12.0 Å². The van der Waals surface area contributed by atoms with Crippen molar-refractivity contribution in [1.29, 1.82) is 0 Å². The molecule has 120 valence electrons. The van der Waals surface area contributed by atoms with Crippen molar-refractivity contribution in [3.8, 4) is 0 Å². The van der Waals surface area contributed by atoms with Gasteiger partial charge in [0.25, 0.3) is 0 Å². The van der Waals surface area contributed by atoms with Crippen molar-refractivity contribution < 1.29 is 14.7 Å². The highest BCUT2D eigenvalue weighted by Gasteiger charge is 2.43. The van der Waals surface area contributed by atoms with Gasteiger partial charge in [0.1, 0.15) is 6.04 Å². The van der Waals surface area contributed by atoms with Crippen LogP contribution in [0.5, 0.6) is 0 Å². The number of amides is 2. The number of fused-ring (bicyclic) bond motifs is 1. The summed E-state index contributed by atoms with van der Waals surface area (Å²) in [5.74, 6) is -0.944. The summed E-state index contributed by atoms with van der Waals surface area (Å²) in [6, 6.07) is 8.59. The number of benzene rings is 1. The maximum absolute atomic E-state index is 12.4. The maximum Gasteiger partial charge on any atom is 0.326 e. The van der Waals surface area contributed by atoms with Gasteiger partial charge in [0, 0.05) is 32.6 Å². The minimum absolute atomic E-state index is 0. The molecule has 2 unspecified atom stereocenters. The second kappa shape index (κ2) is 6.98. The van der Waals surface area contributed by atoms with E-state index in [1.165, 1.54) is 4.90 Å². The third-order valence-corrected chi connectivity index (χ3v) is 4.18. The number of carbonyl (C=O) groups is 2. The largest absolute Gasteiger partial charge is 0.480 e. The van der Waals surface area contributed by atoms with Crippen LogP contribution in [0.15, 0.2) is 30.3 Å². The third kappa shape index (κ3) is 3.18. The molecule has 2 saturated heterocycles. The normalized spacial score (nSPS) is 22.0. The lowest BCUT2D eigenvalue weighted by Crippen LogP contribution is -2.50. The average Bonchev–Trinajstić information content (AvgIpc) is 2.83.